The van der Waals surface area contributed by atoms with E-state index in [1.165, 1.54) is 0 Å². The van der Waals surface area contributed by atoms with E-state index in [-0.39, 0.29) is 12.5 Å². The summed E-state index contributed by atoms with van der Waals surface area (Å²) in [6, 6.07) is 16.4. The molecule has 134 valence electrons. The number of nitrogens with one attached hydrogen (secondary N) is 2. The monoisotopic (exact) mass is 371 g/mol. The van der Waals surface area contributed by atoms with Crippen LogP contribution in [0.4, 0.5) is 0 Å². The van der Waals surface area contributed by atoms with Crippen molar-refractivity contribution in [2.75, 3.05) is 0 Å². The fraction of sp³-hybridized carbons (Fsp3) is 0.158. The van der Waals surface area contributed by atoms with Gasteiger partial charge in [0.1, 0.15) is 12.3 Å². The number of aromatic nitrogens is 1. The molecular formula is C19H18ClN3O3. The van der Waals surface area contributed by atoms with Gasteiger partial charge in [-0.2, -0.15) is 0 Å². The summed E-state index contributed by atoms with van der Waals surface area (Å²) in [5, 5.41) is 1.63. The fourth-order valence-electron chi connectivity index (χ4n) is 2.48. The predicted octanol–water partition coefficient (Wildman–Crippen LogP) is 2.91. The van der Waals surface area contributed by atoms with Gasteiger partial charge in [0.25, 0.3) is 11.8 Å². The molecule has 1 aromatic heterocycles. The zero-order valence-electron chi connectivity index (χ0n) is 14.1. The summed E-state index contributed by atoms with van der Waals surface area (Å²) in [6.07, 6.45) is 1.06. The molecule has 1 atom stereocenters. The predicted molar refractivity (Wildman–Crippen MR) is 99.8 cm³/mol. The summed E-state index contributed by atoms with van der Waals surface area (Å²) in [6.45, 7) is 1.69. The minimum absolute atomic E-state index is 0.0974. The van der Waals surface area contributed by atoms with E-state index in [2.05, 4.69) is 10.9 Å². The Balaban J connectivity index is 1.50. The van der Waals surface area contributed by atoms with Gasteiger partial charge in [0.15, 0.2) is 6.10 Å². The zero-order chi connectivity index (χ0) is 18.5. The lowest BCUT2D eigenvalue weighted by atomic mass is 10.2. The number of rotatable bonds is 5. The van der Waals surface area contributed by atoms with E-state index >= 15 is 0 Å². The average Bonchev–Trinajstić information content (AvgIpc) is 3.04. The number of fused-ring (bicyclic) bond motifs is 1. The van der Waals surface area contributed by atoms with E-state index < -0.39 is 12.0 Å². The molecule has 0 saturated heterocycles. The normalized spacial score (nSPS) is 11.8. The highest BCUT2D eigenvalue weighted by atomic mass is 35.5. The molecule has 1 heterocycles. The van der Waals surface area contributed by atoms with E-state index in [9.17, 15) is 9.59 Å². The first-order valence-corrected chi connectivity index (χ1v) is 8.45. The number of ether oxygens (including phenoxy) is 1. The van der Waals surface area contributed by atoms with Gasteiger partial charge >= 0.3 is 0 Å². The molecule has 2 N–H and O–H groups in total. The van der Waals surface area contributed by atoms with Crippen LogP contribution in [0.15, 0.2) is 60.8 Å². The van der Waals surface area contributed by atoms with Gasteiger partial charge in [-0.3, -0.25) is 20.4 Å². The molecule has 3 aromatic rings. The average molecular weight is 372 g/mol. The van der Waals surface area contributed by atoms with Crippen molar-refractivity contribution in [2.24, 2.45) is 0 Å². The Hall–Kier alpha value is -2.99. The molecule has 6 nitrogen and oxygen atoms in total. The molecule has 0 bridgehead atoms. The summed E-state index contributed by atoms with van der Waals surface area (Å²) in [4.78, 5) is 24.1. The highest BCUT2D eigenvalue weighted by Crippen LogP contribution is 2.17. The van der Waals surface area contributed by atoms with Gasteiger partial charge in [-0.1, -0.05) is 29.8 Å². The van der Waals surface area contributed by atoms with Crippen LogP contribution in [0.3, 0.4) is 0 Å². The van der Waals surface area contributed by atoms with Gasteiger partial charge in [-0.15, -0.1) is 0 Å². The van der Waals surface area contributed by atoms with E-state index in [4.69, 9.17) is 16.3 Å². The fourth-order valence-corrected chi connectivity index (χ4v) is 2.60. The van der Waals surface area contributed by atoms with Gasteiger partial charge in [0.2, 0.25) is 0 Å². The van der Waals surface area contributed by atoms with Crippen molar-refractivity contribution < 1.29 is 14.3 Å². The molecule has 0 radical (unpaired) electrons. The first kappa shape index (κ1) is 17.8. The maximum absolute atomic E-state index is 12.1. The van der Waals surface area contributed by atoms with Crippen molar-refractivity contribution in [2.45, 2.75) is 19.6 Å². The van der Waals surface area contributed by atoms with Crippen LogP contribution < -0.4 is 15.6 Å². The van der Waals surface area contributed by atoms with Gasteiger partial charge in [-0.05, 0) is 48.7 Å². The second-order valence-corrected chi connectivity index (χ2v) is 6.19. The number of carbonyl (C=O) groups excluding carboxylic acids is 2. The lowest BCUT2D eigenvalue weighted by molar-refractivity contribution is -0.132. The number of nitrogens with zero attached hydrogens (tertiary/aromatic N) is 1. The maximum atomic E-state index is 12.1. The Kier molecular flexibility index (Phi) is 5.43. The van der Waals surface area contributed by atoms with Crippen LogP contribution in [0.2, 0.25) is 5.02 Å². The topological polar surface area (TPSA) is 72.4 Å². The number of halogens is 1. The summed E-state index contributed by atoms with van der Waals surface area (Å²) < 4.78 is 7.31. The number of para-hydroxylation sites is 1. The first-order valence-electron chi connectivity index (χ1n) is 8.08. The third kappa shape index (κ3) is 4.34. The molecule has 3 rings (SSSR count). The van der Waals surface area contributed by atoms with Crippen molar-refractivity contribution in [3.63, 3.8) is 0 Å². The molecule has 0 fully saturated rings. The number of hydrazine groups is 1. The summed E-state index contributed by atoms with van der Waals surface area (Å²) >= 11 is 5.81. The molecule has 0 aliphatic carbocycles. The highest BCUT2D eigenvalue weighted by Gasteiger charge is 2.15. The summed E-state index contributed by atoms with van der Waals surface area (Å²) in [5.41, 5.74) is 5.72. The molecule has 1 unspecified atom stereocenters. The minimum atomic E-state index is -0.774. The highest BCUT2D eigenvalue weighted by molar-refractivity contribution is 6.30. The second kappa shape index (κ2) is 7.93. The quantitative estimate of drug-likeness (QED) is 0.677. The number of hydrogen-bond donors (Lipinski definition) is 2. The Morgan fingerprint density at radius 2 is 1.81 bits per heavy atom. The van der Waals surface area contributed by atoms with Crippen molar-refractivity contribution >= 4 is 34.3 Å². The molecule has 0 saturated carbocycles. The Morgan fingerprint density at radius 1 is 1.08 bits per heavy atom. The van der Waals surface area contributed by atoms with E-state index in [0.29, 0.717) is 10.8 Å². The third-order valence-corrected chi connectivity index (χ3v) is 4.07. The van der Waals surface area contributed by atoms with E-state index in [0.717, 1.165) is 10.9 Å². The Labute approximate surface area is 155 Å². The second-order valence-electron chi connectivity index (χ2n) is 5.75. The van der Waals surface area contributed by atoms with Crippen molar-refractivity contribution in [1.82, 2.24) is 15.4 Å². The van der Waals surface area contributed by atoms with Crippen LogP contribution in [0.5, 0.6) is 5.75 Å². The zero-order valence-corrected chi connectivity index (χ0v) is 14.9. The maximum Gasteiger partial charge on any atom is 0.279 e. The van der Waals surface area contributed by atoms with Crippen molar-refractivity contribution in [3.05, 3.63) is 65.8 Å². The molecular weight excluding hydrogens is 354 g/mol. The smallest absolute Gasteiger partial charge is 0.279 e. The Bertz CT molecular complexity index is 921. The number of amides is 2. The number of benzene rings is 2. The summed E-state index contributed by atoms with van der Waals surface area (Å²) in [7, 11) is 0. The van der Waals surface area contributed by atoms with Crippen LogP contribution in [0, 0.1) is 0 Å². The lowest BCUT2D eigenvalue weighted by Crippen LogP contribution is -2.48. The van der Waals surface area contributed by atoms with E-state index in [1.807, 2.05) is 41.1 Å². The Morgan fingerprint density at radius 3 is 2.58 bits per heavy atom. The van der Waals surface area contributed by atoms with Crippen LogP contribution in [0.1, 0.15) is 6.92 Å². The van der Waals surface area contributed by atoms with Gasteiger partial charge < -0.3 is 9.30 Å². The first-order chi connectivity index (χ1) is 12.5. The molecule has 7 heteroatoms. The molecule has 2 aromatic carbocycles. The molecule has 2 amide bonds. The molecule has 26 heavy (non-hydrogen) atoms. The standard InChI is InChI=1S/C19H18ClN3O3/c1-13(26-16-8-6-15(20)7-9-16)19(25)22-21-18(24)12-23-11-10-14-4-2-3-5-17(14)23/h2-11,13H,12H2,1H3,(H,21,24)(H,22,25). The van der Waals surface area contributed by atoms with Crippen LogP contribution >= 0.6 is 11.6 Å². The van der Waals surface area contributed by atoms with Gasteiger partial charge in [0.05, 0.1) is 0 Å². The van der Waals surface area contributed by atoms with Gasteiger partial charge in [-0.25, -0.2) is 0 Å². The lowest BCUT2D eigenvalue weighted by Gasteiger charge is -2.15. The minimum Gasteiger partial charge on any atom is -0.481 e. The molecule has 0 spiro atoms. The van der Waals surface area contributed by atoms with Crippen LogP contribution in [0.25, 0.3) is 10.9 Å². The summed E-state index contributed by atoms with van der Waals surface area (Å²) in [5.74, 6) is -0.272. The van der Waals surface area contributed by atoms with Crippen LogP contribution in [-0.4, -0.2) is 22.5 Å². The van der Waals surface area contributed by atoms with Crippen LogP contribution in [-0.2, 0) is 16.1 Å². The molecule has 0 aliphatic rings. The van der Waals surface area contributed by atoms with E-state index in [1.54, 1.807) is 31.2 Å². The number of hydrogen-bond acceptors (Lipinski definition) is 3. The number of carbonyl (C=O) groups is 2. The van der Waals surface area contributed by atoms with Crippen molar-refractivity contribution in [3.8, 4) is 5.75 Å². The van der Waals surface area contributed by atoms with Gasteiger partial charge in [0, 0.05) is 16.7 Å². The van der Waals surface area contributed by atoms with Crippen molar-refractivity contribution in [1.29, 1.82) is 0 Å². The SMILES string of the molecule is CC(Oc1ccc(Cl)cc1)C(=O)NNC(=O)Cn1ccc2ccccc21. The molecule has 0 aliphatic heterocycles. The third-order valence-electron chi connectivity index (χ3n) is 3.82. The largest absolute Gasteiger partial charge is 0.481 e.